The van der Waals surface area contributed by atoms with Crippen molar-refractivity contribution in [1.29, 1.82) is 0 Å². The second-order valence-corrected chi connectivity index (χ2v) is 4.86. The van der Waals surface area contributed by atoms with Gasteiger partial charge >= 0.3 is 5.97 Å². The number of benzene rings is 1. The molecule has 19 heavy (non-hydrogen) atoms. The molecule has 0 aromatic heterocycles. The fraction of sp³-hybridized carbons (Fsp3) is 0.500. The Labute approximate surface area is 111 Å². The number of carbonyl (C=O) groups is 1. The summed E-state index contributed by atoms with van der Waals surface area (Å²) in [5, 5.41) is 8.87. The lowest BCUT2D eigenvalue weighted by atomic mass is 10.2. The zero-order chi connectivity index (χ0) is 14.0. The summed E-state index contributed by atoms with van der Waals surface area (Å²) in [6.45, 7) is 2.77. The van der Waals surface area contributed by atoms with Crippen LogP contribution in [0.15, 0.2) is 18.2 Å². The van der Waals surface area contributed by atoms with E-state index in [4.69, 9.17) is 9.84 Å². The number of halogens is 1. The van der Waals surface area contributed by atoms with Crippen molar-refractivity contribution in [2.24, 2.45) is 5.92 Å². The standard InChI is InChI=1S/C14H18FNO3/c1-3-19-13-5-4-9(6-11(13)15)8-16(2)12-7-10(12)14(17)18/h4-6,10,12H,3,7-8H2,1-2H3,(H,17,18). The number of nitrogens with zero attached hydrogens (tertiary/aromatic N) is 1. The SMILES string of the molecule is CCOc1ccc(CN(C)C2CC2C(=O)O)cc1F. The summed E-state index contributed by atoms with van der Waals surface area (Å²) < 4.78 is 18.8. The van der Waals surface area contributed by atoms with Crippen LogP contribution in [0.5, 0.6) is 5.75 Å². The quantitative estimate of drug-likeness (QED) is 0.857. The first-order chi connectivity index (χ1) is 9.02. The van der Waals surface area contributed by atoms with E-state index in [1.54, 1.807) is 13.0 Å². The molecule has 1 aliphatic rings. The van der Waals surface area contributed by atoms with Crippen LogP contribution in [0.25, 0.3) is 0 Å². The third-order valence-corrected chi connectivity index (χ3v) is 3.37. The van der Waals surface area contributed by atoms with E-state index in [-0.39, 0.29) is 23.5 Å². The minimum Gasteiger partial charge on any atom is -0.491 e. The van der Waals surface area contributed by atoms with Gasteiger partial charge in [-0.15, -0.1) is 0 Å². The molecule has 1 saturated carbocycles. The predicted molar refractivity (Wildman–Crippen MR) is 68.6 cm³/mol. The Hall–Kier alpha value is -1.62. The van der Waals surface area contributed by atoms with Crippen LogP contribution in [0.4, 0.5) is 4.39 Å². The summed E-state index contributed by atoms with van der Waals surface area (Å²) in [5.41, 5.74) is 0.819. The fourth-order valence-electron chi connectivity index (χ4n) is 2.25. The second-order valence-electron chi connectivity index (χ2n) is 4.86. The molecule has 1 aliphatic carbocycles. The highest BCUT2D eigenvalue weighted by atomic mass is 19.1. The lowest BCUT2D eigenvalue weighted by Gasteiger charge is -2.16. The van der Waals surface area contributed by atoms with Crippen molar-refractivity contribution in [3.05, 3.63) is 29.6 Å². The van der Waals surface area contributed by atoms with Crippen LogP contribution < -0.4 is 4.74 Å². The summed E-state index contributed by atoms with van der Waals surface area (Å²) in [5.74, 6) is -1.16. The van der Waals surface area contributed by atoms with Crippen LogP contribution in [-0.2, 0) is 11.3 Å². The van der Waals surface area contributed by atoms with E-state index < -0.39 is 5.97 Å². The number of aliphatic carboxylic acids is 1. The summed E-state index contributed by atoms with van der Waals surface area (Å²) in [6.07, 6.45) is 0.672. The van der Waals surface area contributed by atoms with Gasteiger partial charge in [0.25, 0.3) is 0 Å². The van der Waals surface area contributed by atoms with E-state index in [2.05, 4.69) is 0 Å². The highest BCUT2D eigenvalue weighted by Gasteiger charge is 2.45. The van der Waals surface area contributed by atoms with Crippen LogP contribution in [0.2, 0.25) is 0 Å². The van der Waals surface area contributed by atoms with Gasteiger partial charge in [0, 0.05) is 12.6 Å². The maximum atomic E-state index is 13.7. The fourth-order valence-corrected chi connectivity index (χ4v) is 2.25. The van der Waals surface area contributed by atoms with Crippen molar-refractivity contribution < 1.29 is 19.0 Å². The lowest BCUT2D eigenvalue weighted by molar-refractivity contribution is -0.138. The normalized spacial score (nSPS) is 21.5. The van der Waals surface area contributed by atoms with E-state index in [0.29, 0.717) is 19.6 Å². The number of rotatable bonds is 6. The largest absolute Gasteiger partial charge is 0.491 e. The maximum Gasteiger partial charge on any atom is 0.308 e. The van der Waals surface area contributed by atoms with Crippen molar-refractivity contribution in [3.8, 4) is 5.75 Å². The zero-order valence-corrected chi connectivity index (χ0v) is 11.1. The van der Waals surface area contributed by atoms with Gasteiger partial charge in [0.15, 0.2) is 11.6 Å². The van der Waals surface area contributed by atoms with E-state index >= 15 is 0 Å². The molecule has 1 fully saturated rings. The molecule has 5 heteroatoms. The van der Waals surface area contributed by atoms with Crippen LogP contribution >= 0.6 is 0 Å². The Balaban J connectivity index is 1.96. The Bertz CT molecular complexity index is 478. The summed E-state index contributed by atoms with van der Waals surface area (Å²) in [4.78, 5) is 12.7. The molecular formula is C14H18FNO3. The minimum absolute atomic E-state index is 0.0622. The van der Waals surface area contributed by atoms with Crippen molar-refractivity contribution in [2.75, 3.05) is 13.7 Å². The third-order valence-electron chi connectivity index (χ3n) is 3.37. The number of hydrogen-bond acceptors (Lipinski definition) is 3. The molecule has 1 N–H and O–H groups in total. The van der Waals surface area contributed by atoms with Crippen LogP contribution in [0.1, 0.15) is 18.9 Å². The van der Waals surface area contributed by atoms with Gasteiger partial charge in [-0.25, -0.2) is 4.39 Å². The Morgan fingerprint density at radius 2 is 2.32 bits per heavy atom. The molecule has 0 radical (unpaired) electrons. The molecule has 2 atom stereocenters. The van der Waals surface area contributed by atoms with E-state index in [1.807, 2.05) is 18.0 Å². The number of ether oxygens (including phenoxy) is 1. The average Bonchev–Trinajstić information content (AvgIpc) is 3.13. The highest BCUT2D eigenvalue weighted by Crippen LogP contribution is 2.35. The summed E-state index contributed by atoms with van der Waals surface area (Å²) in [7, 11) is 1.86. The first-order valence-corrected chi connectivity index (χ1v) is 6.37. The molecule has 0 aliphatic heterocycles. The lowest BCUT2D eigenvalue weighted by Crippen LogP contribution is -2.23. The minimum atomic E-state index is -0.755. The van der Waals surface area contributed by atoms with Crippen molar-refractivity contribution in [1.82, 2.24) is 4.90 Å². The van der Waals surface area contributed by atoms with Gasteiger partial charge in [0.1, 0.15) is 0 Å². The first kappa shape index (κ1) is 13.8. The average molecular weight is 267 g/mol. The molecule has 0 amide bonds. The van der Waals surface area contributed by atoms with Gasteiger partial charge in [-0.2, -0.15) is 0 Å². The molecule has 1 aromatic carbocycles. The molecular weight excluding hydrogens is 249 g/mol. The molecule has 4 nitrogen and oxygen atoms in total. The molecule has 104 valence electrons. The van der Waals surface area contributed by atoms with E-state index in [0.717, 1.165) is 5.56 Å². The smallest absolute Gasteiger partial charge is 0.308 e. The van der Waals surface area contributed by atoms with Gasteiger partial charge in [-0.3, -0.25) is 9.69 Å². The first-order valence-electron chi connectivity index (χ1n) is 6.37. The van der Waals surface area contributed by atoms with Gasteiger partial charge in [0.2, 0.25) is 0 Å². The molecule has 2 rings (SSSR count). The predicted octanol–water partition coefficient (Wildman–Crippen LogP) is 2.13. The molecule has 2 unspecified atom stereocenters. The highest BCUT2D eigenvalue weighted by molar-refractivity contribution is 5.74. The molecule has 1 aromatic rings. The van der Waals surface area contributed by atoms with Crippen LogP contribution in [0, 0.1) is 11.7 Å². The molecule has 0 heterocycles. The van der Waals surface area contributed by atoms with Crippen molar-refractivity contribution in [2.45, 2.75) is 25.9 Å². The number of hydrogen-bond donors (Lipinski definition) is 1. The molecule has 0 spiro atoms. The van der Waals surface area contributed by atoms with Gasteiger partial charge in [0.05, 0.1) is 12.5 Å². The van der Waals surface area contributed by atoms with Crippen molar-refractivity contribution in [3.63, 3.8) is 0 Å². The Morgan fingerprint density at radius 1 is 1.58 bits per heavy atom. The Morgan fingerprint density at radius 3 is 2.84 bits per heavy atom. The zero-order valence-electron chi connectivity index (χ0n) is 11.1. The monoisotopic (exact) mass is 267 g/mol. The van der Waals surface area contributed by atoms with Gasteiger partial charge in [-0.05, 0) is 38.1 Å². The third kappa shape index (κ3) is 3.23. The number of carboxylic acids is 1. The van der Waals surface area contributed by atoms with Crippen molar-refractivity contribution >= 4 is 5.97 Å². The Kier molecular flexibility index (Phi) is 4.04. The van der Waals surface area contributed by atoms with Crippen LogP contribution in [-0.4, -0.2) is 35.7 Å². The maximum absolute atomic E-state index is 13.7. The number of carboxylic acid groups (broad SMARTS) is 1. The second kappa shape index (κ2) is 5.57. The molecule has 0 saturated heterocycles. The summed E-state index contributed by atoms with van der Waals surface area (Å²) >= 11 is 0. The van der Waals surface area contributed by atoms with E-state index in [9.17, 15) is 9.18 Å². The van der Waals surface area contributed by atoms with Gasteiger partial charge in [-0.1, -0.05) is 6.07 Å². The van der Waals surface area contributed by atoms with Gasteiger partial charge < -0.3 is 9.84 Å². The van der Waals surface area contributed by atoms with Crippen LogP contribution in [0.3, 0.4) is 0 Å². The topological polar surface area (TPSA) is 49.8 Å². The van der Waals surface area contributed by atoms with E-state index in [1.165, 1.54) is 6.07 Å². The summed E-state index contributed by atoms with van der Waals surface area (Å²) in [6, 6.07) is 4.93. The molecule has 0 bridgehead atoms.